The SMILES string of the molecule is NCCSCN1N=CCC=C1SC1=C(C(=O)O)N2C(=O)[C@@H](NC(=O)C(N=O)c3csc(N)n3)[C@@H]2SC1. The highest BCUT2D eigenvalue weighted by molar-refractivity contribution is 8.09. The Bertz CT molecular complexity index is 1150. The van der Waals surface area contributed by atoms with Crippen LogP contribution in [0.5, 0.6) is 0 Å². The molecule has 3 aliphatic rings. The van der Waals surface area contributed by atoms with Crippen molar-refractivity contribution in [1.82, 2.24) is 20.2 Å². The molecule has 1 saturated heterocycles. The van der Waals surface area contributed by atoms with E-state index in [1.165, 1.54) is 33.8 Å². The fourth-order valence-corrected chi connectivity index (χ4v) is 7.48. The standard InChI is InChI=1S/C19H22N8O5S4/c20-3-5-33-8-26-11(2-1-4-22-26)36-10-7-34-17-13(16(29)27(17)14(10)18(30)31)24-15(28)12(25-32)9-6-35-19(21)23-9/h2,4,6,12-13,17H,1,3,5,7-8,20H2,(H2,21,23)(H,24,28)(H,30,31)/t12?,13-,17+/m1/s1. The van der Waals surface area contributed by atoms with Gasteiger partial charge in [-0.1, -0.05) is 11.8 Å². The second kappa shape index (κ2) is 11.6. The molecule has 1 fully saturated rings. The molecule has 0 bridgehead atoms. The van der Waals surface area contributed by atoms with E-state index in [2.05, 4.69) is 20.6 Å². The lowest BCUT2D eigenvalue weighted by atomic mass is 10.0. The molecule has 13 nitrogen and oxygen atoms in total. The number of anilines is 1. The number of hydrogen-bond donors (Lipinski definition) is 4. The van der Waals surface area contributed by atoms with Crippen LogP contribution in [0.3, 0.4) is 0 Å². The molecule has 3 aliphatic heterocycles. The molecule has 1 aromatic heterocycles. The zero-order valence-electron chi connectivity index (χ0n) is 18.6. The predicted octanol–water partition coefficient (Wildman–Crippen LogP) is 1.14. The Labute approximate surface area is 222 Å². The molecule has 1 unspecified atom stereocenters. The summed E-state index contributed by atoms with van der Waals surface area (Å²) in [7, 11) is 0. The van der Waals surface area contributed by atoms with Gasteiger partial charge in [-0.3, -0.25) is 14.5 Å². The number of carbonyl (C=O) groups is 3. The molecule has 6 N–H and O–H groups in total. The van der Waals surface area contributed by atoms with Gasteiger partial charge in [0.05, 0.1) is 16.6 Å². The Morgan fingerprint density at radius 1 is 1.42 bits per heavy atom. The van der Waals surface area contributed by atoms with Crippen molar-refractivity contribution in [2.75, 3.05) is 29.7 Å². The third-order valence-corrected chi connectivity index (χ3v) is 9.46. The van der Waals surface area contributed by atoms with Gasteiger partial charge in [-0.2, -0.15) is 5.10 Å². The second-order valence-electron chi connectivity index (χ2n) is 7.50. The average molecular weight is 571 g/mol. The Hall–Kier alpha value is -2.60. The van der Waals surface area contributed by atoms with Gasteiger partial charge >= 0.3 is 5.97 Å². The number of thioether (sulfide) groups is 3. The molecule has 0 aromatic carbocycles. The average Bonchev–Trinajstić information content (AvgIpc) is 3.29. The zero-order valence-corrected chi connectivity index (χ0v) is 21.9. The molecule has 0 spiro atoms. The first-order chi connectivity index (χ1) is 17.3. The molecule has 17 heteroatoms. The maximum Gasteiger partial charge on any atom is 0.353 e. The summed E-state index contributed by atoms with van der Waals surface area (Å²) in [6.45, 7) is 0.539. The molecule has 3 atom stereocenters. The number of nitroso groups, excluding NO2 is 1. The first kappa shape index (κ1) is 26.5. The normalized spacial score (nSPS) is 22.0. The number of aliphatic carboxylic acids is 1. The van der Waals surface area contributed by atoms with Gasteiger partial charge in [0.25, 0.3) is 11.8 Å². The van der Waals surface area contributed by atoms with Crippen LogP contribution in [0.4, 0.5) is 5.13 Å². The van der Waals surface area contributed by atoms with Crippen LogP contribution in [-0.2, 0) is 14.4 Å². The molecular weight excluding hydrogens is 549 g/mol. The zero-order chi connectivity index (χ0) is 25.8. The second-order valence-corrected chi connectivity index (χ2v) is 11.7. The van der Waals surface area contributed by atoms with E-state index in [0.717, 1.165) is 22.1 Å². The highest BCUT2D eigenvalue weighted by Gasteiger charge is 2.55. The summed E-state index contributed by atoms with van der Waals surface area (Å²) in [6, 6.07) is -2.46. The number of fused-ring (bicyclic) bond motifs is 1. The number of nitrogens with two attached hydrogens (primary N) is 2. The van der Waals surface area contributed by atoms with Crippen molar-refractivity contribution in [2.24, 2.45) is 16.0 Å². The summed E-state index contributed by atoms with van der Waals surface area (Å²) in [5.41, 5.74) is 11.1. The maximum atomic E-state index is 13.0. The van der Waals surface area contributed by atoms with E-state index < -0.39 is 35.2 Å². The smallest absolute Gasteiger partial charge is 0.353 e. The quantitative estimate of drug-likeness (QED) is 0.168. The van der Waals surface area contributed by atoms with Crippen LogP contribution in [-0.4, -0.2) is 79.3 Å². The number of rotatable bonds is 11. The van der Waals surface area contributed by atoms with Gasteiger partial charge in [0, 0.05) is 41.0 Å². The van der Waals surface area contributed by atoms with Crippen LogP contribution in [0.25, 0.3) is 0 Å². The highest BCUT2D eigenvalue weighted by atomic mass is 32.2. The maximum absolute atomic E-state index is 13.0. The number of allylic oxidation sites excluding steroid dienone is 1. The van der Waals surface area contributed by atoms with E-state index in [1.54, 1.807) is 23.0 Å². The lowest BCUT2D eigenvalue weighted by molar-refractivity contribution is -0.150. The van der Waals surface area contributed by atoms with E-state index in [1.807, 2.05) is 6.08 Å². The third kappa shape index (κ3) is 5.39. The van der Waals surface area contributed by atoms with Gasteiger partial charge in [0.2, 0.25) is 6.04 Å². The minimum absolute atomic E-state index is 0.0901. The van der Waals surface area contributed by atoms with Gasteiger partial charge < -0.3 is 21.9 Å². The van der Waals surface area contributed by atoms with E-state index in [4.69, 9.17) is 11.5 Å². The molecule has 36 heavy (non-hydrogen) atoms. The number of aromatic nitrogens is 1. The van der Waals surface area contributed by atoms with Crippen LogP contribution in [0.2, 0.25) is 0 Å². The minimum atomic E-state index is -1.46. The first-order valence-corrected chi connectivity index (χ1v) is 14.5. The van der Waals surface area contributed by atoms with Crippen molar-refractivity contribution in [1.29, 1.82) is 0 Å². The Balaban J connectivity index is 1.47. The van der Waals surface area contributed by atoms with Crippen molar-refractivity contribution in [3.05, 3.63) is 37.7 Å². The van der Waals surface area contributed by atoms with Crippen LogP contribution < -0.4 is 16.8 Å². The fraction of sp³-hybridized carbons (Fsp3) is 0.421. The fourth-order valence-electron chi connectivity index (χ4n) is 3.58. The number of β-lactam (4-membered cyclic amide) rings is 1. The number of nitrogens with one attached hydrogen (secondary N) is 1. The van der Waals surface area contributed by atoms with Gasteiger partial charge in [-0.05, 0) is 11.3 Å². The molecule has 0 saturated carbocycles. The lowest BCUT2D eigenvalue weighted by Crippen LogP contribution is -2.70. The number of thiazole rings is 1. The number of carboxylic acid groups (broad SMARTS) is 1. The highest BCUT2D eigenvalue weighted by Crippen LogP contribution is 2.46. The van der Waals surface area contributed by atoms with Crippen molar-refractivity contribution in [3.63, 3.8) is 0 Å². The van der Waals surface area contributed by atoms with Gasteiger partial charge in [-0.15, -0.1) is 39.8 Å². The molecule has 2 amide bonds. The molecule has 1 aromatic rings. The van der Waals surface area contributed by atoms with E-state index >= 15 is 0 Å². The molecule has 192 valence electrons. The minimum Gasteiger partial charge on any atom is -0.477 e. The van der Waals surface area contributed by atoms with E-state index in [0.29, 0.717) is 29.5 Å². The number of nitrogens with zero attached hydrogens (tertiary/aromatic N) is 5. The lowest BCUT2D eigenvalue weighted by Gasteiger charge is -2.49. The van der Waals surface area contributed by atoms with Crippen molar-refractivity contribution < 1.29 is 19.5 Å². The van der Waals surface area contributed by atoms with Crippen molar-refractivity contribution in [2.45, 2.75) is 23.9 Å². The Morgan fingerprint density at radius 2 is 2.22 bits per heavy atom. The predicted molar refractivity (Wildman–Crippen MR) is 142 cm³/mol. The molecule has 0 radical (unpaired) electrons. The largest absolute Gasteiger partial charge is 0.477 e. The summed E-state index contributed by atoms with van der Waals surface area (Å²) in [5.74, 6) is -0.983. The van der Waals surface area contributed by atoms with Crippen molar-refractivity contribution >= 4 is 75.8 Å². The number of hydrazone groups is 1. The summed E-state index contributed by atoms with van der Waals surface area (Å²) >= 11 is 5.25. The Kier molecular flexibility index (Phi) is 8.55. The summed E-state index contributed by atoms with van der Waals surface area (Å²) in [6.07, 6.45) is 4.32. The molecule has 4 rings (SSSR count). The van der Waals surface area contributed by atoms with Crippen molar-refractivity contribution in [3.8, 4) is 0 Å². The number of carbonyl (C=O) groups excluding carboxylic acids is 2. The Morgan fingerprint density at radius 3 is 2.89 bits per heavy atom. The first-order valence-electron chi connectivity index (χ1n) is 10.6. The van der Waals surface area contributed by atoms with Gasteiger partial charge in [0.1, 0.15) is 17.1 Å². The summed E-state index contributed by atoms with van der Waals surface area (Å²) in [4.78, 5) is 54.7. The number of carboxylic acids is 1. The summed E-state index contributed by atoms with van der Waals surface area (Å²) in [5, 5.41) is 23.2. The van der Waals surface area contributed by atoms with Gasteiger partial charge in [0.15, 0.2) is 5.13 Å². The molecule has 0 aliphatic carbocycles. The molecule has 4 heterocycles. The number of nitrogen functional groups attached to an aromatic ring is 1. The van der Waals surface area contributed by atoms with Gasteiger partial charge in [-0.25, -0.2) is 14.8 Å². The third-order valence-electron chi connectivity index (χ3n) is 5.18. The number of amides is 2. The van der Waals surface area contributed by atoms with Crippen LogP contribution in [0.15, 0.2) is 37.4 Å². The van der Waals surface area contributed by atoms with E-state index in [9.17, 15) is 24.4 Å². The molecular formula is C19H22N8O5S4. The van der Waals surface area contributed by atoms with Crippen LogP contribution >= 0.6 is 46.6 Å². The van der Waals surface area contributed by atoms with Crippen LogP contribution in [0.1, 0.15) is 18.2 Å². The topological polar surface area (TPSA) is 197 Å². The summed E-state index contributed by atoms with van der Waals surface area (Å²) < 4.78 is 0. The number of hydrogen-bond acceptors (Lipinski definition) is 14. The van der Waals surface area contributed by atoms with Crippen LogP contribution in [0, 0.1) is 4.91 Å². The monoisotopic (exact) mass is 570 g/mol. The van der Waals surface area contributed by atoms with E-state index in [-0.39, 0.29) is 16.5 Å².